The zero-order valence-corrected chi connectivity index (χ0v) is 13.6. The first-order valence-electron chi connectivity index (χ1n) is 6.64. The number of halogens is 3. The first kappa shape index (κ1) is 16.8. The van der Waals surface area contributed by atoms with Crippen LogP contribution in [-0.2, 0) is 0 Å². The number of aromatic nitrogens is 2. The van der Waals surface area contributed by atoms with Crippen molar-refractivity contribution in [3.05, 3.63) is 41.1 Å². The van der Waals surface area contributed by atoms with Crippen LogP contribution in [0.25, 0.3) is 0 Å². The van der Waals surface area contributed by atoms with E-state index in [0.717, 1.165) is 22.6 Å². The minimum atomic E-state index is -0.704. The van der Waals surface area contributed by atoms with E-state index in [1.54, 1.807) is 0 Å². The summed E-state index contributed by atoms with van der Waals surface area (Å²) in [6.45, 7) is 4.60. The maximum absolute atomic E-state index is 14.0. The van der Waals surface area contributed by atoms with Crippen LogP contribution in [0.2, 0.25) is 5.02 Å². The summed E-state index contributed by atoms with van der Waals surface area (Å²) in [5, 5.41) is 3.95. The van der Waals surface area contributed by atoms with Crippen LogP contribution in [0.4, 0.5) is 13.6 Å². The van der Waals surface area contributed by atoms with E-state index in [1.807, 2.05) is 13.8 Å². The Balaban J connectivity index is 2.29. The molecule has 0 saturated heterocycles. The Morgan fingerprint density at radius 1 is 1.32 bits per heavy atom. The van der Waals surface area contributed by atoms with Gasteiger partial charge in [-0.15, -0.1) is 0 Å². The van der Waals surface area contributed by atoms with Gasteiger partial charge >= 0.3 is 6.03 Å². The molecule has 0 fully saturated rings. The molecule has 0 aliphatic rings. The number of amides is 1. The van der Waals surface area contributed by atoms with E-state index < -0.39 is 17.7 Å². The molecule has 4 nitrogen and oxygen atoms in total. The molecular weight excluding hydrogens is 332 g/mol. The van der Waals surface area contributed by atoms with Gasteiger partial charge in [-0.2, -0.15) is 9.78 Å². The molecule has 2 rings (SSSR count). The fourth-order valence-corrected chi connectivity index (χ4v) is 2.90. The van der Waals surface area contributed by atoms with Crippen molar-refractivity contribution in [3.8, 4) is 0 Å². The molecule has 0 unspecified atom stereocenters. The molecule has 0 saturated carbocycles. The third kappa shape index (κ3) is 3.41. The molecule has 1 aromatic carbocycles. The average molecular weight is 346 g/mol. The van der Waals surface area contributed by atoms with E-state index in [0.29, 0.717) is 13.1 Å². The molecule has 0 aliphatic carbocycles. The lowest BCUT2D eigenvalue weighted by molar-refractivity contribution is 0.201. The van der Waals surface area contributed by atoms with Gasteiger partial charge in [-0.3, -0.25) is 0 Å². The van der Waals surface area contributed by atoms with E-state index in [9.17, 15) is 13.6 Å². The molecule has 0 aliphatic heterocycles. The number of nitrogens with zero attached hydrogens (tertiary/aromatic N) is 3. The van der Waals surface area contributed by atoms with Crippen molar-refractivity contribution in [2.24, 2.45) is 0 Å². The Bertz CT molecular complexity index is 668. The van der Waals surface area contributed by atoms with Crippen molar-refractivity contribution in [1.29, 1.82) is 0 Å². The average Bonchev–Trinajstić information content (AvgIpc) is 2.85. The molecule has 0 spiro atoms. The summed E-state index contributed by atoms with van der Waals surface area (Å²) in [5.74, 6) is -1.27. The molecule has 0 bridgehead atoms. The highest BCUT2D eigenvalue weighted by Crippen LogP contribution is 2.35. The van der Waals surface area contributed by atoms with E-state index >= 15 is 0 Å². The highest BCUT2D eigenvalue weighted by atomic mass is 35.5. The minimum Gasteiger partial charge on any atom is -0.323 e. The van der Waals surface area contributed by atoms with Gasteiger partial charge in [0.05, 0.1) is 16.1 Å². The Morgan fingerprint density at radius 3 is 2.59 bits per heavy atom. The van der Waals surface area contributed by atoms with Gasteiger partial charge in [0.25, 0.3) is 0 Å². The van der Waals surface area contributed by atoms with Crippen molar-refractivity contribution in [1.82, 2.24) is 14.7 Å². The third-order valence-corrected chi connectivity index (χ3v) is 4.50. The number of hydrogen-bond donors (Lipinski definition) is 0. The van der Waals surface area contributed by atoms with Gasteiger partial charge in [-0.05, 0) is 26.0 Å². The second kappa shape index (κ2) is 7.11. The zero-order valence-electron chi connectivity index (χ0n) is 12.0. The van der Waals surface area contributed by atoms with Crippen molar-refractivity contribution in [2.45, 2.75) is 23.8 Å². The number of carbonyl (C=O) groups is 1. The SMILES string of the molecule is CCN(CC)C(=O)n1cc(F)c(Sc2c(F)cccc2Cl)n1. The molecule has 2 aromatic rings. The summed E-state index contributed by atoms with van der Waals surface area (Å²) in [7, 11) is 0. The van der Waals surface area contributed by atoms with Crippen molar-refractivity contribution < 1.29 is 13.6 Å². The second-order valence-corrected chi connectivity index (χ2v) is 5.74. The fourth-order valence-electron chi connectivity index (χ4n) is 1.82. The van der Waals surface area contributed by atoms with Gasteiger partial charge in [-0.25, -0.2) is 13.6 Å². The van der Waals surface area contributed by atoms with Gasteiger partial charge in [-0.1, -0.05) is 29.4 Å². The van der Waals surface area contributed by atoms with Crippen LogP contribution in [0, 0.1) is 11.6 Å². The predicted octanol–water partition coefficient (Wildman–Crippen LogP) is 4.28. The summed E-state index contributed by atoms with van der Waals surface area (Å²) >= 11 is 6.65. The van der Waals surface area contributed by atoms with Gasteiger partial charge in [0, 0.05) is 13.1 Å². The lowest BCUT2D eigenvalue weighted by atomic mass is 10.3. The normalized spacial score (nSPS) is 10.8. The Labute approximate surface area is 136 Å². The Kier molecular flexibility index (Phi) is 5.42. The molecule has 1 heterocycles. The topological polar surface area (TPSA) is 38.1 Å². The highest BCUT2D eigenvalue weighted by Gasteiger charge is 2.20. The van der Waals surface area contributed by atoms with Crippen LogP contribution in [0.15, 0.2) is 34.3 Å². The Morgan fingerprint density at radius 2 is 2.00 bits per heavy atom. The highest BCUT2D eigenvalue weighted by molar-refractivity contribution is 7.99. The van der Waals surface area contributed by atoms with Gasteiger partial charge in [0.1, 0.15) is 5.82 Å². The monoisotopic (exact) mass is 345 g/mol. The van der Waals surface area contributed by atoms with Crippen LogP contribution < -0.4 is 0 Å². The van der Waals surface area contributed by atoms with E-state index in [-0.39, 0.29) is 14.9 Å². The van der Waals surface area contributed by atoms with Gasteiger partial charge < -0.3 is 4.90 Å². The van der Waals surface area contributed by atoms with Crippen LogP contribution in [0.3, 0.4) is 0 Å². The molecule has 1 amide bonds. The summed E-state index contributed by atoms with van der Waals surface area (Å²) in [4.78, 5) is 13.7. The minimum absolute atomic E-state index is 0.0728. The second-order valence-electron chi connectivity index (χ2n) is 4.33. The molecule has 0 N–H and O–H groups in total. The number of rotatable bonds is 4. The third-order valence-electron chi connectivity index (χ3n) is 2.99. The molecule has 1 aromatic heterocycles. The van der Waals surface area contributed by atoms with Crippen LogP contribution in [-0.4, -0.2) is 33.8 Å². The first-order chi connectivity index (χ1) is 10.5. The summed E-state index contributed by atoms with van der Waals surface area (Å²) in [6.07, 6.45) is 0.984. The summed E-state index contributed by atoms with van der Waals surface area (Å²) in [6, 6.07) is 3.75. The van der Waals surface area contributed by atoms with Gasteiger partial charge in [0.2, 0.25) is 0 Å². The molecule has 0 radical (unpaired) electrons. The molecule has 8 heteroatoms. The molecule has 118 valence electrons. The standard InChI is InChI=1S/C14H14ClF2N3OS/c1-3-19(4-2)14(21)20-8-11(17)13(18-20)22-12-9(15)6-5-7-10(12)16/h5-8H,3-4H2,1-2H3. The van der Waals surface area contributed by atoms with E-state index in [1.165, 1.54) is 23.1 Å². The number of carbonyl (C=O) groups excluding carboxylic acids is 1. The lowest BCUT2D eigenvalue weighted by Gasteiger charge is -2.17. The van der Waals surface area contributed by atoms with E-state index in [4.69, 9.17) is 11.6 Å². The number of benzene rings is 1. The van der Waals surface area contributed by atoms with Crippen LogP contribution in [0.1, 0.15) is 13.8 Å². The van der Waals surface area contributed by atoms with Crippen LogP contribution in [0.5, 0.6) is 0 Å². The predicted molar refractivity (Wildman–Crippen MR) is 81.4 cm³/mol. The first-order valence-corrected chi connectivity index (χ1v) is 7.83. The largest absolute Gasteiger partial charge is 0.344 e. The molecule has 22 heavy (non-hydrogen) atoms. The maximum Gasteiger partial charge on any atom is 0.344 e. The molecular formula is C14H14ClF2N3OS. The van der Waals surface area contributed by atoms with E-state index in [2.05, 4.69) is 5.10 Å². The summed E-state index contributed by atoms with van der Waals surface area (Å²) in [5.41, 5.74) is 0. The fraction of sp³-hybridized carbons (Fsp3) is 0.286. The van der Waals surface area contributed by atoms with Crippen molar-refractivity contribution in [2.75, 3.05) is 13.1 Å². The summed E-state index contributed by atoms with van der Waals surface area (Å²) < 4.78 is 28.6. The van der Waals surface area contributed by atoms with Crippen LogP contribution >= 0.6 is 23.4 Å². The molecule has 0 atom stereocenters. The zero-order chi connectivity index (χ0) is 16.3. The maximum atomic E-state index is 14.0. The lowest BCUT2D eigenvalue weighted by Crippen LogP contribution is -2.34. The van der Waals surface area contributed by atoms with Crippen molar-refractivity contribution >= 4 is 29.4 Å². The quantitative estimate of drug-likeness (QED) is 0.830. The van der Waals surface area contributed by atoms with Crippen molar-refractivity contribution in [3.63, 3.8) is 0 Å². The number of hydrogen-bond acceptors (Lipinski definition) is 3. The van der Waals surface area contributed by atoms with Gasteiger partial charge in [0.15, 0.2) is 10.8 Å². The smallest absolute Gasteiger partial charge is 0.323 e. The Hall–Kier alpha value is -1.60.